The largest absolute Gasteiger partial charge is 0.477 e. The molecule has 0 aliphatic carbocycles. The first-order valence-corrected chi connectivity index (χ1v) is 13.1. The van der Waals surface area contributed by atoms with E-state index >= 15 is 0 Å². The molecule has 3 aliphatic heterocycles. The number of fused-ring (bicyclic) bond motifs is 1. The number of anilines is 1. The zero-order chi connectivity index (χ0) is 26.1. The van der Waals surface area contributed by atoms with Crippen molar-refractivity contribution in [3.8, 4) is 0 Å². The zero-order valence-electron chi connectivity index (χ0n) is 19.2. The number of aliphatic carboxylic acids is 1. The van der Waals surface area contributed by atoms with Gasteiger partial charge in [0.2, 0.25) is 6.10 Å². The maximum atomic E-state index is 13.2. The average Bonchev–Trinajstić information content (AvgIpc) is 3.50. The first kappa shape index (κ1) is 24.7. The van der Waals surface area contributed by atoms with Gasteiger partial charge < -0.3 is 26.3 Å². The van der Waals surface area contributed by atoms with E-state index in [1.54, 1.807) is 0 Å². The summed E-state index contributed by atoms with van der Waals surface area (Å²) in [4.78, 5) is 60.9. The van der Waals surface area contributed by atoms with Crippen LogP contribution < -0.4 is 20.9 Å². The number of hydrogen-bond donors (Lipinski definition) is 4. The maximum Gasteiger partial charge on any atom is 0.352 e. The number of nitrogens with one attached hydrogen (secondary N) is 2. The molecule has 0 saturated carbocycles. The van der Waals surface area contributed by atoms with Gasteiger partial charge in [-0.25, -0.2) is 14.3 Å². The van der Waals surface area contributed by atoms with E-state index in [0.717, 1.165) is 11.3 Å². The van der Waals surface area contributed by atoms with Gasteiger partial charge in [0.15, 0.2) is 29.8 Å². The van der Waals surface area contributed by atoms with Gasteiger partial charge in [-0.3, -0.25) is 19.3 Å². The summed E-state index contributed by atoms with van der Waals surface area (Å²) >= 11 is 2.36. The number of carbonyl (C=O) groups excluding carboxylic acids is 3. The molecule has 3 unspecified atom stereocenters. The first-order chi connectivity index (χ1) is 17.8. The van der Waals surface area contributed by atoms with Gasteiger partial charge in [-0.2, -0.15) is 0 Å². The number of nitrogens with zero attached hydrogens (tertiary/aromatic N) is 4. The van der Waals surface area contributed by atoms with Crippen LogP contribution in [0.3, 0.4) is 0 Å². The molecule has 0 spiro atoms. The van der Waals surface area contributed by atoms with Crippen LogP contribution in [-0.2, 0) is 30.6 Å². The van der Waals surface area contributed by atoms with Crippen LogP contribution in [0.15, 0.2) is 53.2 Å². The Balaban J connectivity index is 1.34. The summed E-state index contributed by atoms with van der Waals surface area (Å²) in [6.07, 6.45) is 4.53. The van der Waals surface area contributed by atoms with Crippen molar-refractivity contribution in [2.75, 3.05) is 18.0 Å². The van der Waals surface area contributed by atoms with Crippen LogP contribution in [0.25, 0.3) is 0 Å². The Labute approximate surface area is 218 Å². The minimum atomic E-state index is -1.21. The van der Waals surface area contributed by atoms with Gasteiger partial charge in [0.05, 0.1) is 4.88 Å². The van der Waals surface area contributed by atoms with Crippen LogP contribution in [0.4, 0.5) is 5.13 Å². The lowest BCUT2D eigenvalue weighted by molar-refractivity contribution is -0.689. The molecule has 192 valence electrons. The predicted molar refractivity (Wildman–Crippen MR) is 132 cm³/mol. The number of hydrogen-bond acceptors (Lipinski definition) is 10. The molecular formula is C22H22N7O6S2+. The van der Waals surface area contributed by atoms with E-state index in [9.17, 15) is 24.3 Å². The van der Waals surface area contributed by atoms with Crippen molar-refractivity contribution in [1.82, 2.24) is 20.5 Å². The Morgan fingerprint density at radius 3 is 2.76 bits per heavy atom. The third-order valence-corrected chi connectivity index (χ3v) is 8.10. The van der Waals surface area contributed by atoms with Gasteiger partial charge >= 0.3 is 5.97 Å². The number of thioether (sulfide) groups is 1. The molecule has 5 heterocycles. The van der Waals surface area contributed by atoms with Gasteiger partial charge in [0.25, 0.3) is 17.7 Å². The highest BCUT2D eigenvalue weighted by atomic mass is 32.2. The van der Waals surface area contributed by atoms with Crippen molar-refractivity contribution in [3.05, 3.63) is 52.9 Å². The molecule has 5 rings (SSSR count). The summed E-state index contributed by atoms with van der Waals surface area (Å²) in [5.74, 6) is -2.45. The Morgan fingerprint density at radius 2 is 2.11 bits per heavy atom. The van der Waals surface area contributed by atoms with E-state index in [1.807, 2.05) is 35.2 Å². The molecule has 0 radical (unpaired) electrons. The molecular weight excluding hydrogens is 522 g/mol. The third kappa shape index (κ3) is 4.86. The van der Waals surface area contributed by atoms with Crippen LogP contribution in [0.1, 0.15) is 11.3 Å². The van der Waals surface area contributed by atoms with E-state index < -0.39 is 35.3 Å². The third-order valence-electron chi connectivity index (χ3n) is 5.93. The SMILES string of the molecule is Nc1ncc(/C(=N/OC2CCNC2=O)C(=O)NC2C(=O)N3C(C(=O)O)=C(C[n+]4ccccc4)CSC23)s1. The number of amides is 3. The van der Waals surface area contributed by atoms with E-state index in [1.165, 1.54) is 22.9 Å². The standard InChI is InChI=1S/C22H21N7O6S2/c23-22-25-8-13(37-22)14(27-35-12-4-5-24-17(12)30)18(31)26-15-19(32)29-16(21(33)34)11(10-36-20(15)29)9-28-6-2-1-3-7-28/h1-3,6-8,12,15,20H,4-5,9-10H2,(H4-,23,24,25,26,27,30,31,33,34)/p+1. The predicted octanol–water partition coefficient (Wildman–Crippen LogP) is -0.939. The Bertz CT molecular complexity index is 1330. The average molecular weight is 545 g/mol. The second kappa shape index (κ2) is 10.2. The Kier molecular flexibility index (Phi) is 6.80. The topological polar surface area (TPSA) is 180 Å². The number of carboxylic acids is 1. The number of pyridine rings is 1. The molecule has 3 atom stereocenters. The number of carbonyl (C=O) groups is 4. The van der Waals surface area contributed by atoms with E-state index in [0.29, 0.717) is 35.7 Å². The highest BCUT2D eigenvalue weighted by molar-refractivity contribution is 8.00. The van der Waals surface area contributed by atoms with Gasteiger partial charge in [0.1, 0.15) is 17.1 Å². The fourth-order valence-corrected chi connectivity index (χ4v) is 6.16. The molecule has 5 N–H and O–H groups in total. The lowest BCUT2D eigenvalue weighted by atomic mass is 10.0. The fourth-order valence-electron chi connectivity index (χ4n) is 4.16. The van der Waals surface area contributed by atoms with Crippen molar-refractivity contribution < 1.29 is 33.7 Å². The molecule has 13 nitrogen and oxygen atoms in total. The number of nitrogens with two attached hydrogens (primary N) is 1. The maximum absolute atomic E-state index is 13.2. The van der Waals surface area contributed by atoms with Crippen molar-refractivity contribution in [1.29, 1.82) is 0 Å². The molecule has 37 heavy (non-hydrogen) atoms. The van der Waals surface area contributed by atoms with E-state index in [2.05, 4.69) is 20.8 Å². The smallest absolute Gasteiger partial charge is 0.352 e. The van der Waals surface area contributed by atoms with Crippen molar-refractivity contribution in [2.24, 2.45) is 5.16 Å². The highest BCUT2D eigenvalue weighted by Gasteiger charge is 2.54. The molecule has 2 aromatic rings. The molecule has 15 heteroatoms. The first-order valence-electron chi connectivity index (χ1n) is 11.2. The molecule has 2 saturated heterocycles. The second-order valence-electron chi connectivity index (χ2n) is 8.34. The molecule has 2 aromatic heterocycles. The van der Waals surface area contributed by atoms with Crippen LogP contribution >= 0.6 is 23.1 Å². The second-order valence-corrected chi connectivity index (χ2v) is 10.5. The minimum absolute atomic E-state index is 0.0738. The summed E-state index contributed by atoms with van der Waals surface area (Å²) in [6, 6.07) is 4.55. The van der Waals surface area contributed by atoms with Gasteiger partial charge in [-0.15, -0.1) is 11.8 Å². The van der Waals surface area contributed by atoms with Crippen LogP contribution in [-0.4, -0.2) is 74.2 Å². The minimum Gasteiger partial charge on any atom is -0.477 e. The molecule has 3 aliphatic rings. The van der Waals surface area contributed by atoms with Gasteiger partial charge in [-0.05, 0) is 0 Å². The Hall–Kier alpha value is -3.98. The van der Waals surface area contributed by atoms with Crippen LogP contribution in [0.2, 0.25) is 0 Å². The highest BCUT2D eigenvalue weighted by Crippen LogP contribution is 2.40. The van der Waals surface area contributed by atoms with Gasteiger partial charge in [-0.1, -0.05) is 22.6 Å². The van der Waals surface area contributed by atoms with Crippen molar-refractivity contribution in [3.63, 3.8) is 0 Å². The van der Waals surface area contributed by atoms with Crippen LogP contribution in [0.5, 0.6) is 0 Å². The summed E-state index contributed by atoms with van der Waals surface area (Å²) in [5.41, 5.74) is 6.04. The fraction of sp³-hybridized carbons (Fsp3) is 0.318. The number of carboxylic acid groups (broad SMARTS) is 1. The summed E-state index contributed by atoms with van der Waals surface area (Å²) in [6.45, 7) is 0.752. The summed E-state index contributed by atoms with van der Waals surface area (Å²) in [7, 11) is 0. The number of β-lactam (4-membered cyclic amide) rings is 1. The number of oxime groups is 1. The van der Waals surface area contributed by atoms with Crippen LogP contribution in [0, 0.1) is 0 Å². The lowest BCUT2D eigenvalue weighted by Crippen LogP contribution is -2.71. The summed E-state index contributed by atoms with van der Waals surface area (Å²) < 4.78 is 1.83. The molecule has 3 amide bonds. The van der Waals surface area contributed by atoms with Crippen molar-refractivity contribution in [2.45, 2.75) is 30.5 Å². The number of thiazole rings is 1. The monoisotopic (exact) mass is 544 g/mol. The van der Waals surface area contributed by atoms with Crippen molar-refractivity contribution >= 4 is 57.6 Å². The van der Waals surface area contributed by atoms with E-state index in [4.69, 9.17) is 10.6 Å². The molecule has 2 fully saturated rings. The Morgan fingerprint density at radius 1 is 1.32 bits per heavy atom. The quantitative estimate of drug-likeness (QED) is 0.141. The molecule has 0 bridgehead atoms. The van der Waals surface area contributed by atoms with E-state index in [-0.39, 0.29) is 22.4 Å². The normalized spacial score (nSPS) is 23.3. The number of aromatic nitrogens is 2. The lowest BCUT2D eigenvalue weighted by Gasteiger charge is -2.49. The summed E-state index contributed by atoms with van der Waals surface area (Å²) in [5, 5.41) is 18.6. The number of nitrogen functional groups attached to an aromatic ring is 1. The zero-order valence-corrected chi connectivity index (χ0v) is 20.8. The van der Waals surface area contributed by atoms with Gasteiger partial charge in [0, 0.05) is 42.6 Å². The molecule has 0 aromatic carbocycles. The number of rotatable bonds is 8.